The molecule has 0 saturated carbocycles. The third-order valence-corrected chi connectivity index (χ3v) is 3.86. The maximum absolute atomic E-state index is 11.3. The molecular formula is C14H11N3O3S. The van der Waals surface area contributed by atoms with E-state index in [1.165, 1.54) is 16.8 Å². The monoisotopic (exact) mass is 301 g/mol. The van der Waals surface area contributed by atoms with Crippen molar-refractivity contribution >= 4 is 17.3 Å². The van der Waals surface area contributed by atoms with Gasteiger partial charge in [0.2, 0.25) is 0 Å². The van der Waals surface area contributed by atoms with E-state index in [1.54, 1.807) is 23.5 Å². The van der Waals surface area contributed by atoms with Crippen LogP contribution in [0.3, 0.4) is 0 Å². The number of hydrogen-bond donors (Lipinski definition) is 2. The number of carbonyl (C=O) groups is 1. The maximum atomic E-state index is 11.3. The lowest BCUT2D eigenvalue weighted by molar-refractivity contribution is 0.0689. The molecule has 21 heavy (non-hydrogen) atoms. The predicted molar refractivity (Wildman–Crippen MR) is 77.1 cm³/mol. The number of aromatic hydroxyl groups is 1. The van der Waals surface area contributed by atoms with Crippen LogP contribution >= 0.6 is 11.3 Å². The molecule has 0 radical (unpaired) electrons. The number of phenolic OH excluding ortho intramolecular Hbond substituents is 1. The zero-order chi connectivity index (χ0) is 14.8. The number of carboxylic acid groups (broad SMARTS) is 1. The summed E-state index contributed by atoms with van der Waals surface area (Å²) in [4.78, 5) is 12.3. The zero-order valence-electron chi connectivity index (χ0n) is 10.8. The quantitative estimate of drug-likeness (QED) is 0.772. The van der Waals surface area contributed by atoms with E-state index in [1.807, 2.05) is 17.5 Å². The van der Waals surface area contributed by atoms with Crippen molar-refractivity contribution in [1.82, 2.24) is 15.0 Å². The third-order valence-electron chi connectivity index (χ3n) is 2.98. The molecular weight excluding hydrogens is 290 g/mol. The van der Waals surface area contributed by atoms with Crippen molar-refractivity contribution in [3.63, 3.8) is 0 Å². The van der Waals surface area contributed by atoms with Crippen LogP contribution in [0.5, 0.6) is 5.75 Å². The molecule has 0 aliphatic carbocycles. The second-order valence-corrected chi connectivity index (χ2v) is 5.41. The Morgan fingerprint density at radius 1 is 1.24 bits per heavy atom. The molecule has 3 rings (SSSR count). The van der Waals surface area contributed by atoms with E-state index in [0.717, 1.165) is 4.88 Å². The van der Waals surface area contributed by atoms with Crippen LogP contribution in [0.4, 0.5) is 0 Å². The average Bonchev–Trinajstić information content (AvgIpc) is 3.10. The Hall–Kier alpha value is -2.67. The predicted octanol–water partition coefficient (Wildman–Crippen LogP) is 2.32. The van der Waals surface area contributed by atoms with Gasteiger partial charge in [-0.3, -0.25) is 0 Å². The first-order valence-electron chi connectivity index (χ1n) is 6.15. The van der Waals surface area contributed by atoms with Crippen molar-refractivity contribution in [3.8, 4) is 11.4 Å². The highest BCUT2D eigenvalue weighted by Crippen LogP contribution is 2.21. The molecule has 0 atom stereocenters. The molecule has 0 aliphatic heterocycles. The van der Waals surface area contributed by atoms with E-state index in [9.17, 15) is 15.0 Å². The number of thiophene rings is 1. The minimum atomic E-state index is -1.11. The molecule has 7 heteroatoms. The van der Waals surface area contributed by atoms with Gasteiger partial charge in [-0.05, 0) is 35.7 Å². The van der Waals surface area contributed by atoms with Crippen molar-refractivity contribution in [1.29, 1.82) is 0 Å². The van der Waals surface area contributed by atoms with E-state index in [2.05, 4.69) is 10.3 Å². The van der Waals surface area contributed by atoms with Crippen molar-refractivity contribution < 1.29 is 15.0 Å². The molecule has 2 heterocycles. The summed E-state index contributed by atoms with van der Waals surface area (Å²) in [6.45, 7) is 0. The summed E-state index contributed by atoms with van der Waals surface area (Å²) in [5, 5.41) is 28.2. The molecule has 0 bridgehead atoms. The van der Waals surface area contributed by atoms with Gasteiger partial charge < -0.3 is 10.2 Å². The van der Waals surface area contributed by atoms with Gasteiger partial charge >= 0.3 is 5.97 Å². The average molecular weight is 301 g/mol. The molecule has 0 fully saturated rings. The number of hydrogen-bond acceptors (Lipinski definition) is 5. The third kappa shape index (κ3) is 2.63. The highest BCUT2D eigenvalue weighted by Gasteiger charge is 2.20. The Kier molecular flexibility index (Phi) is 3.41. The van der Waals surface area contributed by atoms with Crippen molar-refractivity contribution in [3.05, 3.63) is 58.0 Å². The lowest BCUT2D eigenvalue weighted by atomic mass is 10.2. The van der Waals surface area contributed by atoms with E-state index in [-0.39, 0.29) is 11.4 Å². The molecule has 0 aliphatic rings. The molecule has 0 spiro atoms. The first-order chi connectivity index (χ1) is 10.1. The summed E-state index contributed by atoms with van der Waals surface area (Å²) in [5.74, 6) is -0.969. The molecule has 2 aromatic heterocycles. The van der Waals surface area contributed by atoms with Crippen LogP contribution in [0.2, 0.25) is 0 Å². The normalized spacial score (nSPS) is 10.7. The van der Waals surface area contributed by atoms with Crippen molar-refractivity contribution in [2.45, 2.75) is 6.42 Å². The molecule has 2 N–H and O–H groups in total. The van der Waals surface area contributed by atoms with Crippen molar-refractivity contribution in [2.24, 2.45) is 0 Å². The molecule has 1 aromatic carbocycles. The van der Waals surface area contributed by atoms with Crippen LogP contribution in [0.15, 0.2) is 41.8 Å². The highest BCUT2D eigenvalue weighted by molar-refractivity contribution is 7.09. The molecule has 6 nitrogen and oxygen atoms in total. The lowest BCUT2D eigenvalue weighted by Gasteiger charge is -2.06. The van der Waals surface area contributed by atoms with Crippen LogP contribution in [-0.2, 0) is 6.42 Å². The Morgan fingerprint density at radius 2 is 2.00 bits per heavy atom. The zero-order valence-corrected chi connectivity index (χ0v) is 11.6. The van der Waals surface area contributed by atoms with Crippen molar-refractivity contribution in [2.75, 3.05) is 0 Å². The van der Waals surface area contributed by atoms with Crippen LogP contribution in [0.1, 0.15) is 21.1 Å². The fourth-order valence-electron chi connectivity index (χ4n) is 2.01. The van der Waals surface area contributed by atoms with Gasteiger partial charge in [0.15, 0.2) is 5.69 Å². The SMILES string of the molecule is O=C(O)c1nnn(-c2ccc(O)cc2)c1Cc1cccs1. The Balaban J connectivity index is 2.08. The lowest BCUT2D eigenvalue weighted by Crippen LogP contribution is -2.07. The number of phenols is 1. The van der Waals surface area contributed by atoms with Gasteiger partial charge in [-0.1, -0.05) is 11.3 Å². The number of benzene rings is 1. The Morgan fingerprint density at radius 3 is 2.62 bits per heavy atom. The fourth-order valence-corrected chi connectivity index (χ4v) is 2.71. The highest BCUT2D eigenvalue weighted by atomic mass is 32.1. The Labute approximate surface area is 123 Å². The molecule has 106 valence electrons. The van der Waals surface area contributed by atoms with Gasteiger partial charge in [-0.15, -0.1) is 16.4 Å². The molecule has 3 aromatic rings. The largest absolute Gasteiger partial charge is 0.508 e. The first kappa shape index (κ1) is 13.3. The standard InChI is InChI=1S/C14H11N3O3S/c18-10-5-3-9(4-6-10)17-12(8-11-2-1-7-21-11)13(14(19)20)15-16-17/h1-7,18H,8H2,(H,19,20). The van der Waals surface area contributed by atoms with Crippen LogP contribution in [0.25, 0.3) is 5.69 Å². The summed E-state index contributed by atoms with van der Waals surface area (Å²) in [6.07, 6.45) is 0.438. The fraction of sp³-hybridized carbons (Fsp3) is 0.0714. The van der Waals surface area contributed by atoms with E-state index < -0.39 is 5.97 Å². The van der Waals surface area contributed by atoms with E-state index >= 15 is 0 Å². The summed E-state index contributed by atoms with van der Waals surface area (Å²) in [7, 11) is 0. The first-order valence-corrected chi connectivity index (χ1v) is 7.03. The number of carboxylic acids is 1. The van der Waals surface area contributed by atoms with E-state index in [4.69, 9.17) is 0 Å². The number of aromatic nitrogens is 3. The van der Waals surface area contributed by atoms with Gasteiger partial charge in [-0.2, -0.15) is 0 Å². The molecule has 0 unspecified atom stereocenters. The number of nitrogens with zero attached hydrogens (tertiary/aromatic N) is 3. The van der Waals surface area contributed by atoms with Gasteiger partial charge in [0.1, 0.15) is 5.75 Å². The smallest absolute Gasteiger partial charge is 0.358 e. The van der Waals surface area contributed by atoms with Crippen LogP contribution in [-0.4, -0.2) is 31.2 Å². The van der Waals surface area contributed by atoms with Crippen LogP contribution in [0, 0.1) is 0 Å². The summed E-state index contributed by atoms with van der Waals surface area (Å²) >= 11 is 1.55. The maximum Gasteiger partial charge on any atom is 0.358 e. The second kappa shape index (κ2) is 5.37. The van der Waals surface area contributed by atoms with Gasteiger partial charge in [0, 0.05) is 11.3 Å². The minimum absolute atomic E-state index is 0.0588. The van der Waals surface area contributed by atoms with Gasteiger partial charge in [-0.25, -0.2) is 9.48 Å². The Bertz CT molecular complexity index is 763. The molecule has 0 amide bonds. The number of aromatic carboxylic acids is 1. The van der Waals surface area contributed by atoms with E-state index in [0.29, 0.717) is 17.8 Å². The minimum Gasteiger partial charge on any atom is -0.508 e. The topological polar surface area (TPSA) is 88.2 Å². The summed E-state index contributed by atoms with van der Waals surface area (Å²) in [5.41, 5.74) is 1.10. The summed E-state index contributed by atoms with van der Waals surface area (Å²) < 4.78 is 1.49. The van der Waals surface area contributed by atoms with Crippen LogP contribution < -0.4 is 0 Å². The second-order valence-electron chi connectivity index (χ2n) is 4.37. The number of rotatable bonds is 4. The van der Waals surface area contributed by atoms with Gasteiger partial charge in [0.25, 0.3) is 0 Å². The summed E-state index contributed by atoms with van der Waals surface area (Å²) in [6, 6.07) is 10.2. The van der Waals surface area contributed by atoms with Gasteiger partial charge in [0.05, 0.1) is 11.4 Å². The molecule has 0 saturated heterocycles.